The van der Waals surface area contributed by atoms with Crippen LogP contribution >= 0.6 is 0 Å². The van der Waals surface area contributed by atoms with Gasteiger partial charge in [-0.15, -0.1) is 0 Å². The molecule has 0 spiro atoms. The van der Waals surface area contributed by atoms with E-state index < -0.39 is 11.4 Å². The lowest BCUT2D eigenvalue weighted by molar-refractivity contribution is 0.460. The van der Waals surface area contributed by atoms with E-state index in [1.54, 1.807) is 18.2 Å². The van der Waals surface area contributed by atoms with Gasteiger partial charge in [-0.05, 0) is 17.7 Å². The lowest BCUT2D eigenvalue weighted by atomic mass is 10.1. The second-order valence-corrected chi connectivity index (χ2v) is 3.54. The third-order valence-electron chi connectivity index (χ3n) is 2.31. The van der Waals surface area contributed by atoms with Crippen LogP contribution in [0.4, 0.5) is 0 Å². The molecule has 94 valence electrons. The molecule has 0 atom stereocenters. The van der Waals surface area contributed by atoms with Crippen molar-refractivity contribution in [2.24, 2.45) is 5.11 Å². The van der Waals surface area contributed by atoms with E-state index in [2.05, 4.69) is 31.3 Å². The van der Waals surface area contributed by atoms with Crippen LogP contribution in [0.5, 0.6) is 0 Å². The Kier molecular flexibility index (Phi) is 3.67. The molecule has 0 amide bonds. The average molecular weight is 256 g/mol. The monoisotopic (exact) mass is 256 g/mol. The molecule has 0 unspecified atom stereocenters. The largest absolute Gasteiger partial charge is 0.419 e. The minimum absolute atomic E-state index is 0.235. The Hall–Kier alpha value is -2.97. The van der Waals surface area contributed by atoms with Crippen molar-refractivity contribution in [1.29, 1.82) is 0 Å². The number of azide groups is 1. The molecule has 7 heteroatoms. The molecular weight excluding hydrogens is 248 g/mol. The van der Waals surface area contributed by atoms with Gasteiger partial charge in [-0.3, -0.25) is 4.98 Å². The van der Waals surface area contributed by atoms with Gasteiger partial charge in [0, 0.05) is 23.4 Å². The average Bonchev–Trinajstić information content (AvgIpc) is 2.37. The first-order valence-electron chi connectivity index (χ1n) is 5.38. The van der Waals surface area contributed by atoms with Gasteiger partial charge in [-0.2, -0.15) is 0 Å². The van der Waals surface area contributed by atoms with Gasteiger partial charge >= 0.3 is 11.4 Å². The summed E-state index contributed by atoms with van der Waals surface area (Å²) in [5, 5.41) is 3.58. The molecule has 19 heavy (non-hydrogen) atoms. The molecule has 0 saturated heterocycles. The maximum Gasteiger partial charge on any atom is 0.419 e. The lowest BCUT2D eigenvalue weighted by Gasteiger charge is -1.97. The highest BCUT2D eigenvalue weighted by molar-refractivity contribution is 5.83. The molecule has 0 radical (unpaired) electrons. The number of hydrogen-bond donors (Lipinski definition) is 1. The van der Waals surface area contributed by atoms with Crippen molar-refractivity contribution in [3.63, 3.8) is 0 Å². The molecule has 1 N–H and O–H groups in total. The molecule has 1 aromatic heterocycles. The normalized spacial score (nSPS) is 9.47. The summed E-state index contributed by atoms with van der Waals surface area (Å²) in [5.41, 5.74) is 8.22. The van der Waals surface area contributed by atoms with Gasteiger partial charge in [0.2, 0.25) is 0 Å². The quantitative estimate of drug-likeness (QED) is 0.289. The molecule has 0 saturated carbocycles. The smallest absolute Gasteiger partial charge is 0.372 e. The van der Waals surface area contributed by atoms with Gasteiger partial charge in [0.1, 0.15) is 0 Å². The number of nitrogens with one attached hydrogen (secondary N) is 1. The minimum atomic E-state index is -0.800. The summed E-state index contributed by atoms with van der Waals surface area (Å²) < 4.78 is 4.47. The molecule has 1 aromatic carbocycles. The van der Waals surface area contributed by atoms with E-state index in [0.717, 1.165) is 0 Å². The maximum absolute atomic E-state index is 11.6. The van der Waals surface area contributed by atoms with Crippen LogP contribution in [0.1, 0.15) is 12.0 Å². The third kappa shape index (κ3) is 2.83. The highest BCUT2D eigenvalue weighted by atomic mass is 16.4. The molecule has 1 heterocycles. The Balaban J connectivity index is 2.47. The number of fused-ring (bicyclic) bond motifs is 1. The predicted octanol–water partition coefficient (Wildman–Crippen LogP) is 1.53. The van der Waals surface area contributed by atoms with Crippen LogP contribution in [0.25, 0.3) is 21.3 Å². The Morgan fingerprint density at radius 1 is 1.42 bits per heavy atom. The third-order valence-corrected chi connectivity index (χ3v) is 2.31. The van der Waals surface area contributed by atoms with Crippen molar-refractivity contribution < 1.29 is 4.42 Å². The Labute approximate surface area is 106 Å². The summed E-state index contributed by atoms with van der Waals surface area (Å²) in [4.78, 5) is 27.7. The fourth-order valence-corrected chi connectivity index (χ4v) is 1.56. The van der Waals surface area contributed by atoms with Crippen molar-refractivity contribution >= 4 is 10.9 Å². The van der Waals surface area contributed by atoms with Crippen LogP contribution in [0, 0.1) is 11.8 Å². The molecule has 0 aliphatic rings. The zero-order chi connectivity index (χ0) is 13.7. The van der Waals surface area contributed by atoms with Crippen LogP contribution in [-0.4, -0.2) is 11.5 Å². The zero-order valence-corrected chi connectivity index (χ0v) is 9.71. The minimum Gasteiger partial charge on any atom is -0.372 e. The summed E-state index contributed by atoms with van der Waals surface area (Å²) in [6, 6.07) is 4.92. The van der Waals surface area contributed by atoms with E-state index in [9.17, 15) is 9.59 Å². The van der Waals surface area contributed by atoms with Crippen LogP contribution in [-0.2, 0) is 0 Å². The van der Waals surface area contributed by atoms with Gasteiger partial charge in [0.15, 0.2) is 0 Å². The Bertz CT molecular complexity index is 832. The Morgan fingerprint density at radius 3 is 3.05 bits per heavy atom. The maximum atomic E-state index is 11.6. The fourth-order valence-electron chi connectivity index (χ4n) is 1.56. The summed E-state index contributed by atoms with van der Waals surface area (Å²) >= 11 is 0. The molecule has 2 aromatic rings. The van der Waals surface area contributed by atoms with Crippen molar-refractivity contribution in [3.05, 3.63) is 55.2 Å². The molecular formula is C12H8N4O3. The number of hydrogen-bond acceptors (Lipinski definition) is 4. The van der Waals surface area contributed by atoms with Crippen molar-refractivity contribution in [2.75, 3.05) is 6.54 Å². The van der Waals surface area contributed by atoms with Gasteiger partial charge in [-0.25, -0.2) is 9.59 Å². The second-order valence-electron chi connectivity index (χ2n) is 3.54. The molecule has 0 aliphatic carbocycles. The Morgan fingerprint density at radius 2 is 2.26 bits per heavy atom. The molecule has 7 nitrogen and oxygen atoms in total. The van der Waals surface area contributed by atoms with Crippen LogP contribution in [0.15, 0.2) is 37.3 Å². The van der Waals surface area contributed by atoms with Crippen LogP contribution in [0.3, 0.4) is 0 Å². The van der Waals surface area contributed by atoms with Crippen molar-refractivity contribution in [1.82, 2.24) is 4.98 Å². The number of aromatic nitrogens is 1. The number of H-pyrrole nitrogens is 1. The SMILES string of the molecule is [N-]=[N+]=NCCC#Cc1cccc2[nH]c(=O)oc(=O)c12. The van der Waals surface area contributed by atoms with E-state index in [-0.39, 0.29) is 11.9 Å². The lowest BCUT2D eigenvalue weighted by Crippen LogP contribution is -2.15. The second kappa shape index (κ2) is 5.58. The van der Waals surface area contributed by atoms with Gasteiger partial charge in [0.05, 0.1) is 10.9 Å². The summed E-state index contributed by atoms with van der Waals surface area (Å²) in [7, 11) is 0. The van der Waals surface area contributed by atoms with Crippen molar-refractivity contribution in [3.8, 4) is 11.8 Å². The van der Waals surface area contributed by atoms with Gasteiger partial charge in [-0.1, -0.05) is 23.0 Å². The number of benzene rings is 1. The van der Waals surface area contributed by atoms with Crippen LogP contribution in [0.2, 0.25) is 0 Å². The van der Waals surface area contributed by atoms with Gasteiger partial charge in [0.25, 0.3) is 0 Å². The number of rotatable bonds is 2. The van der Waals surface area contributed by atoms with E-state index in [0.29, 0.717) is 17.5 Å². The topological polar surface area (TPSA) is 112 Å². The van der Waals surface area contributed by atoms with Gasteiger partial charge < -0.3 is 4.42 Å². The van der Waals surface area contributed by atoms with Crippen molar-refractivity contribution in [2.45, 2.75) is 6.42 Å². The summed E-state index contributed by atoms with van der Waals surface area (Å²) in [6.45, 7) is 0.264. The first kappa shape index (κ1) is 12.5. The number of nitrogens with zero attached hydrogens (tertiary/aromatic N) is 3. The number of aromatic amines is 1. The van der Waals surface area contributed by atoms with E-state index in [4.69, 9.17) is 5.53 Å². The predicted molar refractivity (Wildman–Crippen MR) is 68.6 cm³/mol. The van der Waals surface area contributed by atoms with E-state index >= 15 is 0 Å². The van der Waals surface area contributed by atoms with E-state index in [1.807, 2.05) is 0 Å². The fraction of sp³-hybridized carbons (Fsp3) is 0.167. The zero-order valence-electron chi connectivity index (χ0n) is 9.71. The summed E-state index contributed by atoms with van der Waals surface area (Å²) in [6.07, 6.45) is 0.384. The molecule has 0 aliphatic heterocycles. The van der Waals surface area contributed by atoms with E-state index in [1.165, 1.54) is 0 Å². The highest BCUT2D eigenvalue weighted by Crippen LogP contribution is 2.10. The molecule has 0 bridgehead atoms. The first-order valence-corrected chi connectivity index (χ1v) is 5.38. The molecule has 0 fully saturated rings. The standard InChI is InChI=1S/C12H8N4O3/c13-16-14-7-2-1-4-8-5-3-6-9-10(8)11(17)19-12(18)15-9/h3,5-6H,2,7H2,(H,15,18). The van der Waals surface area contributed by atoms with Crippen LogP contribution < -0.4 is 11.4 Å². The summed E-state index contributed by atoms with van der Waals surface area (Å²) in [5.74, 6) is 4.77. The first-order chi connectivity index (χ1) is 9.22. The molecule has 2 rings (SSSR count). The highest BCUT2D eigenvalue weighted by Gasteiger charge is 2.05.